The molecule has 0 unspecified atom stereocenters. The van der Waals surface area contributed by atoms with Crippen molar-refractivity contribution in [2.45, 2.75) is 44.3 Å². The molecule has 0 saturated carbocycles. The summed E-state index contributed by atoms with van der Waals surface area (Å²) in [5.74, 6) is -1.17. The van der Waals surface area contributed by atoms with Crippen molar-refractivity contribution in [1.82, 2.24) is 15.5 Å². The number of carbonyl (C=O) groups is 1. The van der Waals surface area contributed by atoms with Gasteiger partial charge in [0.2, 0.25) is 5.89 Å². The Morgan fingerprint density at radius 2 is 1.96 bits per heavy atom. The molecule has 2 N–H and O–H groups in total. The topological polar surface area (TPSA) is 88.2 Å². The largest absolute Gasteiger partial charge is 0.490 e. The summed E-state index contributed by atoms with van der Waals surface area (Å²) in [6.45, 7) is 1.05. The van der Waals surface area contributed by atoms with Crippen molar-refractivity contribution in [1.29, 1.82) is 0 Å². The Bertz CT molecular complexity index is 683. The molecule has 1 atom stereocenters. The van der Waals surface area contributed by atoms with E-state index in [1.807, 2.05) is 6.07 Å². The van der Waals surface area contributed by atoms with Crippen LogP contribution in [0.4, 0.5) is 13.2 Å². The summed E-state index contributed by atoms with van der Waals surface area (Å²) in [5.41, 5.74) is 1.36. The lowest BCUT2D eigenvalue weighted by molar-refractivity contribution is -0.192. The van der Waals surface area contributed by atoms with Crippen LogP contribution in [0.3, 0.4) is 0 Å². The lowest BCUT2D eigenvalue weighted by Gasteiger charge is -2.01. The Kier molecular flexibility index (Phi) is 7.14. The second-order valence-corrected chi connectivity index (χ2v) is 5.84. The smallest absolute Gasteiger partial charge is 0.475 e. The van der Waals surface area contributed by atoms with Crippen molar-refractivity contribution in [3.8, 4) is 0 Å². The molecular formula is C17H20F3N3O3. The molecule has 1 saturated heterocycles. The molecule has 9 heteroatoms. The van der Waals surface area contributed by atoms with Gasteiger partial charge in [0.25, 0.3) is 0 Å². The van der Waals surface area contributed by atoms with Crippen LogP contribution in [0.25, 0.3) is 0 Å². The van der Waals surface area contributed by atoms with Gasteiger partial charge in [-0.2, -0.15) is 18.2 Å². The fraction of sp³-hybridized carbons (Fsp3) is 0.471. The zero-order valence-corrected chi connectivity index (χ0v) is 14.0. The fourth-order valence-corrected chi connectivity index (χ4v) is 2.50. The van der Waals surface area contributed by atoms with Gasteiger partial charge < -0.3 is 14.9 Å². The molecule has 1 aliphatic rings. The van der Waals surface area contributed by atoms with Gasteiger partial charge in [0.1, 0.15) is 0 Å². The summed E-state index contributed by atoms with van der Waals surface area (Å²) in [4.78, 5) is 13.4. The molecule has 0 bridgehead atoms. The molecule has 26 heavy (non-hydrogen) atoms. The van der Waals surface area contributed by atoms with Crippen LogP contribution in [0.1, 0.15) is 42.6 Å². The number of hydrogen-bond acceptors (Lipinski definition) is 5. The van der Waals surface area contributed by atoms with Crippen LogP contribution in [-0.4, -0.2) is 33.9 Å². The molecule has 0 spiro atoms. The minimum atomic E-state index is -5.08. The van der Waals surface area contributed by atoms with Crippen molar-refractivity contribution in [2.75, 3.05) is 6.54 Å². The van der Waals surface area contributed by atoms with Crippen LogP contribution in [0.2, 0.25) is 0 Å². The molecular weight excluding hydrogens is 351 g/mol. The van der Waals surface area contributed by atoms with E-state index in [-0.39, 0.29) is 6.04 Å². The maximum atomic E-state index is 10.6. The standard InChI is InChI=1S/C15H19N3O.C2HF3O2/c1-2-6-12(7-3-1)8-4-10-14-17-15(19-18-14)13-9-5-11-16-13;3-2(4,5)1(6)7/h1-3,6-7,13,16H,4-5,8-11H2;(H,6,7)/t13-;/m0./s1. The molecule has 1 aromatic carbocycles. The number of halogens is 3. The number of aryl methyl sites for hydroxylation is 2. The molecule has 6 nitrogen and oxygen atoms in total. The van der Waals surface area contributed by atoms with Crippen molar-refractivity contribution in [3.05, 3.63) is 47.6 Å². The minimum Gasteiger partial charge on any atom is -0.475 e. The molecule has 3 rings (SSSR count). The van der Waals surface area contributed by atoms with Gasteiger partial charge in [-0.15, -0.1) is 0 Å². The molecule has 2 aromatic rings. The van der Waals surface area contributed by atoms with Crippen LogP contribution in [0.5, 0.6) is 0 Å². The van der Waals surface area contributed by atoms with E-state index in [4.69, 9.17) is 14.4 Å². The third-order valence-electron chi connectivity index (χ3n) is 3.79. The number of nitrogens with one attached hydrogen (secondary N) is 1. The molecule has 0 amide bonds. The summed E-state index contributed by atoms with van der Waals surface area (Å²) in [6.07, 6.45) is 0.209. The maximum absolute atomic E-state index is 10.6. The number of hydrogen-bond donors (Lipinski definition) is 2. The van der Waals surface area contributed by atoms with E-state index in [9.17, 15) is 13.2 Å². The van der Waals surface area contributed by atoms with Crippen LogP contribution >= 0.6 is 0 Å². The molecule has 1 aliphatic heterocycles. The predicted molar refractivity (Wildman–Crippen MR) is 86.4 cm³/mol. The van der Waals surface area contributed by atoms with Crippen molar-refractivity contribution < 1.29 is 27.6 Å². The first-order chi connectivity index (χ1) is 12.4. The van der Waals surface area contributed by atoms with Gasteiger partial charge in [0.15, 0.2) is 5.82 Å². The second-order valence-electron chi connectivity index (χ2n) is 5.84. The van der Waals surface area contributed by atoms with E-state index in [0.29, 0.717) is 0 Å². The highest BCUT2D eigenvalue weighted by Gasteiger charge is 2.38. The maximum Gasteiger partial charge on any atom is 0.490 e. The van der Waals surface area contributed by atoms with E-state index >= 15 is 0 Å². The number of rotatable bonds is 5. The minimum absolute atomic E-state index is 0.273. The van der Waals surface area contributed by atoms with Gasteiger partial charge >= 0.3 is 12.1 Å². The SMILES string of the molecule is O=C(O)C(F)(F)F.c1ccc(CCCc2noc([C@@H]3CCCN3)n2)cc1. The number of alkyl halides is 3. The molecule has 0 aliphatic carbocycles. The van der Waals surface area contributed by atoms with Gasteiger partial charge in [-0.25, -0.2) is 4.79 Å². The summed E-state index contributed by atoms with van der Waals surface area (Å²) < 4.78 is 37.1. The molecule has 2 heterocycles. The van der Waals surface area contributed by atoms with Crippen LogP contribution < -0.4 is 5.32 Å². The zero-order valence-electron chi connectivity index (χ0n) is 14.0. The average Bonchev–Trinajstić information content (AvgIpc) is 3.27. The molecule has 1 fully saturated rings. The van der Waals surface area contributed by atoms with E-state index in [0.717, 1.165) is 43.9 Å². The van der Waals surface area contributed by atoms with Crippen LogP contribution in [0.15, 0.2) is 34.9 Å². The van der Waals surface area contributed by atoms with Crippen molar-refractivity contribution >= 4 is 5.97 Å². The van der Waals surface area contributed by atoms with Crippen molar-refractivity contribution in [2.24, 2.45) is 0 Å². The van der Waals surface area contributed by atoms with Gasteiger partial charge in [0, 0.05) is 6.42 Å². The van der Waals surface area contributed by atoms with E-state index in [1.165, 1.54) is 12.0 Å². The number of benzene rings is 1. The Hall–Kier alpha value is -2.42. The van der Waals surface area contributed by atoms with E-state index < -0.39 is 12.1 Å². The monoisotopic (exact) mass is 371 g/mol. The summed E-state index contributed by atoms with van der Waals surface area (Å²) in [7, 11) is 0. The summed E-state index contributed by atoms with van der Waals surface area (Å²) in [6, 6.07) is 10.8. The zero-order chi connectivity index (χ0) is 19.0. The first kappa shape index (κ1) is 19.9. The number of carboxylic acids is 1. The number of aliphatic carboxylic acids is 1. The molecule has 1 aromatic heterocycles. The highest BCUT2D eigenvalue weighted by Crippen LogP contribution is 2.21. The lowest BCUT2D eigenvalue weighted by atomic mass is 10.1. The Labute approximate surface area is 148 Å². The third kappa shape index (κ3) is 6.47. The van der Waals surface area contributed by atoms with Gasteiger partial charge in [-0.05, 0) is 37.8 Å². The highest BCUT2D eigenvalue weighted by atomic mass is 19.4. The Morgan fingerprint density at radius 1 is 1.27 bits per heavy atom. The van der Waals surface area contributed by atoms with Gasteiger partial charge in [-0.1, -0.05) is 35.5 Å². The fourth-order valence-electron chi connectivity index (χ4n) is 2.50. The summed E-state index contributed by atoms with van der Waals surface area (Å²) >= 11 is 0. The Morgan fingerprint density at radius 3 is 2.54 bits per heavy atom. The van der Waals surface area contributed by atoms with Gasteiger partial charge in [0.05, 0.1) is 6.04 Å². The molecule has 0 radical (unpaired) electrons. The normalized spacial score (nSPS) is 16.8. The highest BCUT2D eigenvalue weighted by molar-refractivity contribution is 5.73. The van der Waals surface area contributed by atoms with Crippen LogP contribution in [0, 0.1) is 0 Å². The first-order valence-corrected chi connectivity index (χ1v) is 8.26. The number of nitrogens with zero attached hydrogens (tertiary/aromatic N) is 2. The van der Waals surface area contributed by atoms with Crippen molar-refractivity contribution in [3.63, 3.8) is 0 Å². The molecule has 142 valence electrons. The summed E-state index contributed by atoms with van der Waals surface area (Å²) in [5, 5.41) is 14.6. The van der Waals surface area contributed by atoms with Gasteiger partial charge in [-0.3, -0.25) is 0 Å². The second kappa shape index (κ2) is 9.33. The van der Waals surface area contributed by atoms with E-state index in [2.05, 4.69) is 39.7 Å². The average molecular weight is 371 g/mol. The van der Waals surface area contributed by atoms with Crippen LogP contribution in [-0.2, 0) is 17.6 Å². The lowest BCUT2D eigenvalue weighted by Crippen LogP contribution is -2.21. The number of carboxylic acid groups (broad SMARTS) is 1. The predicted octanol–water partition coefficient (Wildman–Crippen LogP) is 3.30. The first-order valence-electron chi connectivity index (χ1n) is 8.26. The Balaban J connectivity index is 0.000000298. The quantitative estimate of drug-likeness (QED) is 0.838. The third-order valence-corrected chi connectivity index (χ3v) is 3.79. The van der Waals surface area contributed by atoms with E-state index in [1.54, 1.807) is 0 Å². The number of aromatic nitrogens is 2.